The van der Waals surface area contributed by atoms with E-state index in [0.717, 1.165) is 30.2 Å². The molecule has 0 spiro atoms. The first-order valence-electron chi connectivity index (χ1n) is 6.71. The first-order chi connectivity index (χ1) is 9.76. The Labute approximate surface area is 120 Å². The first-order valence-corrected chi connectivity index (χ1v) is 6.71. The van der Waals surface area contributed by atoms with Crippen molar-refractivity contribution in [2.24, 2.45) is 0 Å². The zero-order valence-corrected chi connectivity index (χ0v) is 12.3. The van der Waals surface area contributed by atoms with E-state index in [-0.39, 0.29) is 0 Å². The summed E-state index contributed by atoms with van der Waals surface area (Å²) in [6.45, 7) is 3.64. The Kier molecular flexibility index (Phi) is 5.02. The van der Waals surface area contributed by atoms with Crippen molar-refractivity contribution in [3.8, 4) is 11.5 Å². The number of benzene rings is 2. The fraction of sp³-hybridized carbons (Fsp3) is 0.294. The average Bonchev–Trinajstić information content (AvgIpc) is 2.49. The maximum Gasteiger partial charge on any atom is 0.123 e. The highest BCUT2D eigenvalue weighted by Crippen LogP contribution is 2.22. The van der Waals surface area contributed by atoms with Gasteiger partial charge in [-0.15, -0.1) is 0 Å². The van der Waals surface area contributed by atoms with Crippen molar-refractivity contribution in [1.82, 2.24) is 5.32 Å². The van der Waals surface area contributed by atoms with Crippen LogP contribution in [0.4, 0.5) is 0 Å². The molecule has 0 fully saturated rings. The number of nitrogens with one attached hydrogen (secondary N) is 1. The first kappa shape index (κ1) is 14.4. The van der Waals surface area contributed by atoms with Gasteiger partial charge >= 0.3 is 0 Å². The Hall–Kier alpha value is -2.00. The Bertz CT molecular complexity index is 567. The van der Waals surface area contributed by atoms with Gasteiger partial charge in [-0.25, -0.2) is 0 Å². The molecule has 0 aromatic heterocycles. The number of methoxy groups -OCH3 is 2. The summed E-state index contributed by atoms with van der Waals surface area (Å²) in [7, 11) is 3.40. The zero-order chi connectivity index (χ0) is 14.4. The molecule has 0 unspecified atom stereocenters. The topological polar surface area (TPSA) is 30.5 Å². The predicted molar refractivity (Wildman–Crippen MR) is 81.3 cm³/mol. The van der Waals surface area contributed by atoms with Gasteiger partial charge in [-0.2, -0.15) is 0 Å². The van der Waals surface area contributed by atoms with Gasteiger partial charge in [-0.1, -0.05) is 30.3 Å². The Morgan fingerprint density at radius 2 is 1.55 bits per heavy atom. The Morgan fingerprint density at radius 3 is 2.30 bits per heavy atom. The summed E-state index contributed by atoms with van der Waals surface area (Å²) in [5.74, 6) is 1.84. The van der Waals surface area contributed by atoms with Crippen LogP contribution < -0.4 is 14.8 Å². The normalized spacial score (nSPS) is 10.3. The molecule has 2 aromatic rings. The van der Waals surface area contributed by atoms with Crippen molar-refractivity contribution in [2.45, 2.75) is 20.0 Å². The largest absolute Gasteiger partial charge is 0.496 e. The van der Waals surface area contributed by atoms with Crippen LogP contribution in [-0.2, 0) is 13.1 Å². The van der Waals surface area contributed by atoms with E-state index in [0.29, 0.717) is 0 Å². The van der Waals surface area contributed by atoms with E-state index in [1.807, 2.05) is 30.3 Å². The smallest absolute Gasteiger partial charge is 0.123 e. The fourth-order valence-electron chi connectivity index (χ4n) is 2.26. The van der Waals surface area contributed by atoms with Gasteiger partial charge in [0.2, 0.25) is 0 Å². The molecule has 20 heavy (non-hydrogen) atoms. The molecule has 0 aliphatic carbocycles. The van der Waals surface area contributed by atoms with E-state index < -0.39 is 0 Å². The molecular formula is C17H21NO2. The van der Waals surface area contributed by atoms with Gasteiger partial charge in [0.1, 0.15) is 11.5 Å². The fourth-order valence-corrected chi connectivity index (χ4v) is 2.26. The van der Waals surface area contributed by atoms with E-state index in [2.05, 4.69) is 24.4 Å². The standard InChI is InChI=1S/C17H21NO2/c1-13-7-6-10-17(20-3)15(13)12-18-11-14-8-4-5-9-16(14)19-2/h4-10,18H,11-12H2,1-3H3. The highest BCUT2D eigenvalue weighted by molar-refractivity contribution is 5.39. The molecule has 0 saturated heterocycles. The summed E-state index contributed by atoms with van der Waals surface area (Å²) in [6, 6.07) is 14.2. The molecule has 1 N–H and O–H groups in total. The van der Waals surface area contributed by atoms with Crippen LogP contribution in [0.25, 0.3) is 0 Å². The van der Waals surface area contributed by atoms with Crippen LogP contribution in [0, 0.1) is 6.92 Å². The minimum Gasteiger partial charge on any atom is -0.496 e. The van der Waals surface area contributed by atoms with Gasteiger partial charge in [-0.05, 0) is 24.6 Å². The number of aryl methyl sites for hydroxylation is 1. The molecule has 2 aromatic carbocycles. The minimum atomic E-state index is 0.765. The number of para-hydroxylation sites is 1. The molecule has 0 radical (unpaired) electrons. The van der Waals surface area contributed by atoms with Gasteiger partial charge in [0.25, 0.3) is 0 Å². The van der Waals surface area contributed by atoms with Crippen molar-refractivity contribution in [1.29, 1.82) is 0 Å². The van der Waals surface area contributed by atoms with Crippen LogP contribution in [0.15, 0.2) is 42.5 Å². The molecule has 3 heteroatoms. The van der Waals surface area contributed by atoms with E-state index >= 15 is 0 Å². The van der Waals surface area contributed by atoms with Gasteiger partial charge in [-0.3, -0.25) is 0 Å². The summed E-state index contributed by atoms with van der Waals surface area (Å²) < 4.78 is 10.8. The summed E-state index contributed by atoms with van der Waals surface area (Å²) in [6.07, 6.45) is 0. The molecule has 3 nitrogen and oxygen atoms in total. The summed E-state index contributed by atoms with van der Waals surface area (Å²) in [5, 5.41) is 3.45. The predicted octanol–water partition coefficient (Wildman–Crippen LogP) is 3.30. The van der Waals surface area contributed by atoms with Gasteiger partial charge in [0.05, 0.1) is 14.2 Å². The second kappa shape index (κ2) is 6.96. The lowest BCUT2D eigenvalue weighted by Gasteiger charge is -2.13. The Morgan fingerprint density at radius 1 is 0.850 bits per heavy atom. The van der Waals surface area contributed by atoms with Gasteiger partial charge in [0, 0.05) is 24.2 Å². The maximum atomic E-state index is 5.41. The molecule has 0 bridgehead atoms. The minimum absolute atomic E-state index is 0.765. The maximum absolute atomic E-state index is 5.41. The van der Waals surface area contributed by atoms with E-state index in [9.17, 15) is 0 Å². The third kappa shape index (κ3) is 3.31. The second-order valence-electron chi connectivity index (χ2n) is 4.67. The molecule has 0 saturated carbocycles. The van der Waals surface area contributed by atoms with Crippen LogP contribution in [0.2, 0.25) is 0 Å². The summed E-state index contributed by atoms with van der Waals surface area (Å²) in [5.41, 5.74) is 3.59. The SMILES string of the molecule is COc1ccccc1CNCc1c(C)cccc1OC. The van der Waals surface area contributed by atoms with Crippen molar-refractivity contribution < 1.29 is 9.47 Å². The third-order valence-corrected chi connectivity index (χ3v) is 3.40. The number of rotatable bonds is 6. The molecule has 0 aliphatic heterocycles. The lowest BCUT2D eigenvalue weighted by molar-refractivity contribution is 0.403. The lowest BCUT2D eigenvalue weighted by Crippen LogP contribution is -2.15. The molecule has 0 heterocycles. The molecule has 0 amide bonds. The van der Waals surface area contributed by atoms with E-state index in [1.165, 1.54) is 11.1 Å². The average molecular weight is 271 g/mol. The molecule has 0 atom stereocenters. The lowest BCUT2D eigenvalue weighted by atomic mass is 10.1. The monoisotopic (exact) mass is 271 g/mol. The van der Waals surface area contributed by atoms with Gasteiger partial charge < -0.3 is 14.8 Å². The van der Waals surface area contributed by atoms with Gasteiger partial charge in [0.15, 0.2) is 0 Å². The second-order valence-corrected chi connectivity index (χ2v) is 4.67. The highest BCUT2D eigenvalue weighted by Gasteiger charge is 2.06. The zero-order valence-electron chi connectivity index (χ0n) is 12.3. The van der Waals surface area contributed by atoms with Crippen molar-refractivity contribution >= 4 is 0 Å². The van der Waals surface area contributed by atoms with E-state index in [4.69, 9.17) is 9.47 Å². The van der Waals surface area contributed by atoms with Crippen LogP contribution in [-0.4, -0.2) is 14.2 Å². The van der Waals surface area contributed by atoms with Crippen LogP contribution >= 0.6 is 0 Å². The molecule has 0 aliphatic rings. The number of ether oxygens (including phenoxy) is 2. The molecule has 2 rings (SSSR count). The van der Waals surface area contributed by atoms with Crippen LogP contribution in [0.1, 0.15) is 16.7 Å². The quantitative estimate of drug-likeness (QED) is 0.874. The van der Waals surface area contributed by atoms with E-state index in [1.54, 1.807) is 14.2 Å². The number of hydrogen-bond acceptors (Lipinski definition) is 3. The molecule has 106 valence electrons. The Balaban J connectivity index is 2.03. The summed E-state index contributed by atoms with van der Waals surface area (Å²) >= 11 is 0. The molecular weight excluding hydrogens is 250 g/mol. The van der Waals surface area contributed by atoms with Crippen LogP contribution in [0.5, 0.6) is 11.5 Å². The van der Waals surface area contributed by atoms with Crippen molar-refractivity contribution in [2.75, 3.05) is 14.2 Å². The number of hydrogen-bond donors (Lipinski definition) is 1. The van der Waals surface area contributed by atoms with Crippen molar-refractivity contribution in [3.05, 3.63) is 59.2 Å². The highest BCUT2D eigenvalue weighted by atomic mass is 16.5. The third-order valence-electron chi connectivity index (χ3n) is 3.40. The summed E-state index contributed by atoms with van der Waals surface area (Å²) in [4.78, 5) is 0. The van der Waals surface area contributed by atoms with Crippen LogP contribution in [0.3, 0.4) is 0 Å². The van der Waals surface area contributed by atoms with Crippen molar-refractivity contribution in [3.63, 3.8) is 0 Å².